The van der Waals surface area contributed by atoms with Gasteiger partial charge in [0.1, 0.15) is 0 Å². The van der Waals surface area contributed by atoms with Gasteiger partial charge in [-0.25, -0.2) is 9.97 Å². The number of aromatic nitrogens is 4. The number of rotatable bonds is 1. The molecule has 0 saturated heterocycles. The number of nitrogens with zero attached hydrogens (tertiary/aromatic N) is 3. The highest BCUT2D eigenvalue weighted by atomic mass is 16.1. The number of fused-ring (bicyclic) bond motifs is 2. The van der Waals surface area contributed by atoms with Crippen LogP contribution in [-0.2, 0) is 6.42 Å². The van der Waals surface area contributed by atoms with Crippen LogP contribution in [0.3, 0.4) is 0 Å². The minimum Gasteiger partial charge on any atom is -0.311 e. The average Bonchev–Trinajstić information content (AvgIpc) is 2.92. The van der Waals surface area contributed by atoms with E-state index in [4.69, 9.17) is 0 Å². The van der Waals surface area contributed by atoms with Crippen LogP contribution in [0.1, 0.15) is 30.0 Å². The second kappa shape index (κ2) is 4.30. The van der Waals surface area contributed by atoms with Crippen molar-refractivity contribution in [2.75, 3.05) is 0 Å². The first-order valence-corrected chi connectivity index (χ1v) is 6.82. The lowest BCUT2D eigenvalue weighted by atomic mass is 9.87. The average molecular weight is 266 g/mol. The van der Waals surface area contributed by atoms with Gasteiger partial charge >= 0.3 is 0 Å². The number of nitrogens with one attached hydrogen (secondary N) is 1. The molecule has 0 bridgehead atoms. The monoisotopic (exact) mass is 266 g/mol. The highest BCUT2D eigenvalue weighted by molar-refractivity contribution is 5.69. The van der Waals surface area contributed by atoms with Crippen molar-refractivity contribution < 1.29 is 0 Å². The number of imidazole rings is 1. The third-order valence-electron chi connectivity index (χ3n) is 4.04. The molecule has 1 atom stereocenters. The van der Waals surface area contributed by atoms with Crippen molar-refractivity contribution in [1.82, 2.24) is 19.5 Å². The summed E-state index contributed by atoms with van der Waals surface area (Å²) >= 11 is 0. The molecular weight excluding hydrogens is 252 g/mol. The Labute approximate surface area is 115 Å². The fourth-order valence-electron chi connectivity index (χ4n) is 3.11. The van der Waals surface area contributed by atoms with Crippen LogP contribution in [0.25, 0.3) is 11.2 Å². The van der Waals surface area contributed by atoms with Gasteiger partial charge in [0.25, 0.3) is 5.56 Å². The second-order valence-corrected chi connectivity index (χ2v) is 5.16. The van der Waals surface area contributed by atoms with Crippen molar-refractivity contribution in [2.24, 2.45) is 0 Å². The molecule has 4 rings (SSSR count). The summed E-state index contributed by atoms with van der Waals surface area (Å²) in [7, 11) is 0. The molecule has 0 saturated carbocycles. The van der Waals surface area contributed by atoms with Gasteiger partial charge in [0, 0.05) is 0 Å². The molecule has 2 heterocycles. The zero-order valence-electron chi connectivity index (χ0n) is 10.9. The van der Waals surface area contributed by atoms with Gasteiger partial charge in [-0.15, -0.1) is 0 Å². The largest absolute Gasteiger partial charge is 0.311 e. The fourth-order valence-corrected chi connectivity index (χ4v) is 3.11. The fraction of sp³-hybridized carbons (Fsp3) is 0.267. The van der Waals surface area contributed by atoms with Gasteiger partial charge in [-0.1, -0.05) is 24.3 Å². The maximum atomic E-state index is 11.7. The lowest BCUT2D eigenvalue weighted by Crippen LogP contribution is -2.17. The van der Waals surface area contributed by atoms with E-state index in [0.29, 0.717) is 11.2 Å². The van der Waals surface area contributed by atoms with Gasteiger partial charge in [0.15, 0.2) is 11.2 Å². The van der Waals surface area contributed by atoms with Crippen LogP contribution in [0.15, 0.2) is 41.7 Å². The Kier molecular flexibility index (Phi) is 2.45. The van der Waals surface area contributed by atoms with Gasteiger partial charge in [-0.2, -0.15) is 0 Å². The predicted molar refractivity (Wildman–Crippen MR) is 75.7 cm³/mol. The first-order chi connectivity index (χ1) is 9.84. The zero-order chi connectivity index (χ0) is 13.5. The summed E-state index contributed by atoms with van der Waals surface area (Å²) < 4.78 is 2.03. The molecule has 5 nitrogen and oxygen atoms in total. The number of benzene rings is 1. The second-order valence-electron chi connectivity index (χ2n) is 5.16. The smallest absolute Gasteiger partial charge is 0.278 e. The molecule has 0 spiro atoms. The summed E-state index contributed by atoms with van der Waals surface area (Å²) in [6.45, 7) is 0. The molecule has 5 heteroatoms. The molecule has 1 N–H and O–H groups in total. The van der Waals surface area contributed by atoms with E-state index in [-0.39, 0.29) is 11.6 Å². The van der Waals surface area contributed by atoms with Crippen LogP contribution in [0.4, 0.5) is 0 Å². The van der Waals surface area contributed by atoms with Crippen molar-refractivity contribution in [3.63, 3.8) is 0 Å². The van der Waals surface area contributed by atoms with E-state index in [0.717, 1.165) is 19.3 Å². The molecule has 1 aromatic carbocycles. The van der Waals surface area contributed by atoms with Gasteiger partial charge in [0.2, 0.25) is 0 Å². The number of aromatic amines is 1. The minimum atomic E-state index is -0.183. The maximum Gasteiger partial charge on any atom is 0.278 e. The van der Waals surface area contributed by atoms with Crippen LogP contribution in [0, 0.1) is 0 Å². The first-order valence-electron chi connectivity index (χ1n) is 6.82. The van der Waals surface area contributed by atoms with E-state index in [2.05, 4.69) is 39.2 Å². The molecule has 20 heavy (non-hydrogen) atoms. The zero-order valence-corrected chi connectivity index (χ0v) is 10.9. The topological polar surface area (TPSA) is 63.6 Å². The quantitative estimate of drug-likeness (QED) is 0.733. The molecule has 0 fully saturated rings. The third-order valence-corrected chi connectivity index (χ3v) is 4.04. The number of aryl methyl sites for hydroxylation is 1. The summed E-state index contributed by atoms with van der Waals surface area (Å²) in [6, 6.07) is 8.71. The normalized spacial score (nSPS) is 18.1. The highest BCUT2D eigenvalue weighted by Gasteiger charge is 2.23. The molecule has 0 amide bonds. The number of H-pyrrole nitrogens is 1. The number of hydrogen-bond acceptors (Lipinski definition) is 3. The summed E-state index contributed by atoms with van der Waals surface area (Å²) in [5.41, 5.74) is 3.60. The van der Waals surface area contributed by atoms with Crippen LogP contribution in [-0.4, -0.2) is 19.5 Å². The van der Waals surface area contributed by atoms with E-state index in [1.54, 1.807) is 6.33 Å². The molecule has 0 radical (unpaired) electrons. The molecule has 100 valence electrons. The van der Waals surface area contributed by atoms with Crippen molar-refractivity contribution in [3.05, 3.63) is 58.4 Å². The van der Waals surface area contributed by atoms with Crippen LogP contribution < -0.4 is 5.56 Å². The summed E-state index contributed by atoms with van der Waals surface area (Å²) in [6.07, 6.45) is 6.49. The van der Waals surface area contributed by atoms with Gasteiger partial charge in [0.05, 0.1) is 18.7 Å². The Hall–Kier alpha value is -2.43. The minimum absolute atomic E-state index is 0.183. The van der Waals surface area contributed by atoms with Gasteiger partial charge in [-0.05, 0) is 30.4 Å². The molecular formula is C15H14N4O. The van der Waals surface area contributed by atoms with E-state index < -0.39 is 0 Å². The molecule has 1 aliphatic rings. The van der Waals surface area contributed by atoms with E-state index >= 15 is 0 Å². The molecule has 1 unspecified atom stereocenters. The Morgan fingerprint density at radius 3 is 3.10 bits per heavy atom. The van der Waals surface area contributed by atoms with Gasteiger partial charge < -0.3 is 9.55 Å². The van der Waals surface area contributed by atoms with Crippen molar-refractivity contribution in [3.8, 4) is 0 Å². The highest BCUT2D eigenvalue weighted by Crippen LogP contribution is 2.33. The van der Waals surface area contributed by atoms with E-state index in [9.17, 15) is 4.79 Å². The first kappa shape index (κ1) is 11.4. The summed E-state index contributed by atoms with van der Waals surface area (Å²) in [4.78, 5) is 22.8. The van der Waals surface area contributed by atoms with Crippen LogP contribution in [0.5, 0.6) is 0 Å². The lowest BCUT2D eigenvalue weighted by molar-refractivity contribution is 0.497. The summed E-state index contributed by atoms with van der Waals surface area (Å²) in [5, 5.41) is 0. The lowest BCUT2D eigenvalue weighted by Gasteiger charge is -2.26. The third kappa shape index (κ3) is 1.59. The Bertz CT molecular complexity index is 833. The molecule has 3 aromatic rings. The molecule has 1 aliphatic carbocycles. The van der Waals surface area contributed by atoms with Crippen molar-refractivity contribution in [1.29, 1.82) is 0 Å². The van der Waals surface area contributed by atoms with Crippen LogP contribution in [0.2, 0.25) is 0 Å². The standard InChI is InChI=1S/C15H14N4O/c20-15-13-14(16-8-17-15)19(9-18-13)12-7-3-5-10-4-1-2-6-11(10)12/h1-2,4,6,8-9,12H,3,5,7H2,(H,16,17,20). The van der Waals surface area contributed by atoms with E-state index in [1.807, 2.05) is 4.57 Å². The summed E-state index contributed by atoms with van der Waals surface area (Å²) in [5.74, 6) is 0. The Balaban J connectivity index is 1.93. The van der Waals surface area contributed by atoms with Crippen LogP contribution >= 0.6 is 0 Å². The van der Waals surface area contributed by atoms with Gasteiger partial charge in [-0.3, -0.25) is 4.79 Å². The SMILES string of the molecule is O=c1[nH]cnc2c1ncn2C1CCCc2ccccc21. The molecule has 0 aliphatic heterocycles. The van der Waals surface area contributed by atoms with E-state index in [1.165, 1.54) is 17.5 Å². The predicted octanol–water partition coefficient (Wildman–Crippen LogP) is 2.05. The maximum absolute atomic E-state index is 11.7. The van der Waals surface area contributed by atoms with Crippen molar-refractivity contribution in [2.45, 2.75) is 25.3 Å². The van der Waals surface area contributed by atoms with Crippen molar-refractivity contribution >= 4 is 11.2 Å². The number of hydrogen-bond donors (Lipinski definition) is 1. The molecule has 2 aromatic heterocycles. The Morgan fingerprint density at radius 2 is 2.15 bits per heavy atom. The Morgan fingerprint density at radius 1 is 1.25 bits per heavy atom.